The van der Waals surface area contributed by atoms with E-state index in [1.165, 1.54) is 41.3 Å². The molecule has 0 atom stereocenters. The molecule has 0 aromatic heterocycles. The largest absolute Gasteiger partial charge is 0.452 e. The van der Waals surface area contributed by atoms with Crippen LogP contribution in [-0.2, 0) is 9.53 Å². The van der Waals surface area contributed by atoms with Gasteiger partial charge in [0.05, 0.1) is 18.1 Å². The van der Waals surface area contributed by atoms with Crippen molar-refractivity contribution in [2.75, 3.05) is 18.1 Å². The van der Waals surface area contributed by atoms with Gasteiger partial charge in [-0.1, -0.05) is 30.3 Å². The van der Waals surface area contributed by atoms with Gasteiger partial charge in [0.25, 0.3) is 5.91 Å². The van der Waals surface area contributed by atoms with E-state index in [2.05, 4.69) is 0 Å². The summed E-state index contributed by atoms with van der Waals surface area (Å²) in [6, 6.07) is 18.7. The van der Waals surface area contributed by atoms with Gasteiger partial charge in [-0.2, -0.15) is 5.26 Å². The fraction of sp³-hybridized carbons (Fsp3) is 0.185. The summed E-state index contributed by atoms with van der Waals surface area (Å²) in [7, 11) is 0. The summed E-state index contributed by atoms with van der Waals surface area (Å²) in [5, 5.41) is 8.90. The summed E-state index contributed by atoms with van der Waals surface area (Å²) in [5.74, 6) is -2.19. The molecule has 3 aromatic rings. The van der Waals surface area contributed by atoms with Crippen LogP contribution in [0.4, 0.5) is 10.1 Å². The van der Waals surface area contributed by atoms with Crippen LogP contribution in [0.2, 0.25) is 0 Å². The molecule has 3 rings (SSSR count). The van der Waals surface area contributed by atoms with Crippen LogP contribution in [-0.4, -0.2) is 30.8 Å². The Kier molecular flexibility index (Phi) is 7.88. The zero-order valence-corrected chi connectivity index (χ0v) is 18.9. The maximum atomic E-state index is 13.3. The first kappa shape index (κ1) is 24.3. The SMILES string of the molecule is Cc1ccc(C(=O)c2ccccc2C(=O)OCC(=O)N(CCC#N)c2ccc(F)cc2)cc1C. The fourth-order valence-corrected chi connectivity index (χ4v) is 3.36. The summed E-state index contributed by atoms with van der Waals surface area (Å²) in [6.45, 7) is 3.29. The molecule has 0 unspecified atom stereocenters. The minimum absolute atomic E-state index is 0.0453. The van der Waals surface area contributed by atoms with Crippen molar-refractivity contribution in [3.8, 4) is 6.07 Å². The number of amides is 1. The molecule has 0 fully saturated rings. The van der Waals surface area contributed by atoms with Gasteiger partial charge in [0.2, 0.25) is 0 Å². The molecular weight excluding hydrogens is 435 g/mol. The van der Waals surface area contributed by atoms with Gasteiger partial charge in [-0.25, -0.2) is 9.18 Å². The van der Waals surface area contributed by atoms with Crippen molar-refractivity contribution in [2.24, 2.45) is 0 Å². The Morgan fingerprint density at radius 3 is 2.26 bits per heavy atom. The average molecular weight is 458 g/mol. The van der Waals surface area contributed by atoms with E-state index >= 15 is 0 Å². The lowest BCUT2D eigenvalue weighted by Gasteiger charge is -2.21. The zero-order chi connectivity index (χ0) is 24.7. The molecule has 3 aromatic carbocycles. The Labute approximate surface area is 197 Å². The van der Waals surface area contributed by atoms with Gasteiger partial charge in [0.15, 0.2) is 12.4 Å². The number of esters is 1. The molecule has 0 bridgehead atoms. The maximum Gasteiger partial charge on any atom is 0.339 e. The third-order valence-corrected chi connectivity index (χ3v) is 5.37. The number of halogens is 1. The summed E-state index contributed by atoms with van der Waals surface area (Å²) in [5.41, 5.74) is 3.04. The number of ether oxygens (including phenoxy) is 1. The Balaban J connectivity index is 1.77. The molecule has 1 amide bonds. The number of carbonyl (C=O) groups excluding carboxylic acids is 3. The normalized spacial score (nSPS) is 10.3. The molecule has 172 valence electrons. The van der Waals surface area contributed by atoms with Gasteiger partial charge < -0.3 is 9.64 Å². The molecule has 0 heterocycles. The van der Waals surface area contributed by atoms with Gasteiger partial charge in [-0.15, -0.1) is 0 Å². The first-order valence-electron chi connectivity index (χ1n) is 10.6. The van der Waals surface area contributed by atoms with Crippen LogP contribution < -0.4 is 4.90 Å². The van der Waals surface area contributed by atoms with Crippen molar-refractivity contribution in [1.29, 1.82) is 5.26 Å². The monoisotopic (exact) mass is 458 g/mol. The number of nitriles is 1. The molecule has 0 aliphatic rings. The van der Waals surface area contributed by atoms with E-state index in [0.29, 0.717) is 11.3 Å². The van der Waals surface area contributed by atoms with Crippen molar-refractivity contribution in [1.82, 2.24) is 0 Å². The van der Waals surface area contributed by atoms with Gasteiger partial charge in [0, 0.05) is 23.4 Å². The van der Waals surface area contributed by atoms with Gasteiger partial charge in [-0.3, -0.25) is 9.59 Å². The average Bonchev–Trinajstić information content (AvgIpc) is 2.85. The minimum atomic E-state index is -0.819. The number of nitrogens with zero attached hydrogens (tertiary/aromatic N) is 2. The first-order chi connectivity index (χ1) is 16.3. The van der Waals surface area contributed by atoms with Crippen molar-refractivity contribution in [2.45, 2.75) is 20.3 Å². The van der Waals surface area contributed by atoms with Crippen LogP contribution in [0.1, 0.15) is 43.8 Å². The first-order valence-corrected chi connectivity index (χ1v) is 10.6. The standard InChI is InChI=1S/C27H23FN2O4/c1-18-8-9-20(16-19(18)2)26(32)23-6-3-4-7-24(23)27(33)34-17-25(31)30(15-5-14-29)22-12-10-21(28)11-13-22/h3-4,6-13,16H,5,15,17H2,1-2H3. The van der Waals surface area contributed by atoms with E-state index in [-0.39, 0.29) is 29.9 Å². The third-order valence-electron chi connectivity index (χ3n) is 5.37. The fourth-order valence-electron chi connectivity index (χ4n) is 3.36. The maximum absolute atomic E-state index is 13.3. The highest BCUT2D eigenvalue weighted by Gasteiger charge is 2.22. The van der Waals surface area contributed by atoms with Crippen LogP contribution >= 0.6 is 0 Å². The van der Waals surface area contributed by atoms with Crippen LogP contribution in [0, 0.1) is 31.0 Å². The Morgan fingerprint density at radius 2 is 1.62 bits per heavy atom. The molecule has 34 heavy (non-hydrogen) atoms. The van der Waals surface area contributed by atoms with Crippen LogP contribution in [0.3, 0.4) is 0 Å². The smallest absolute Gasteiger partial charge is 0.339 e. The summed E-state index contributed by atoms with van der Waals surface area (Å²) in [6.07, 6.45) is 0.0460. The second-order valence-corrected chi connectivity index (χ2v) is 7.68. The lowest BCUT2D eigenvalue weighted by atomic mass is 9.96. The predicted molar refractivity (Wildman–Crippen MR) is 125 cm³/mol. The molecular formula is C27H23FN2O4. The Morgan fingerprint density at radius 1 is 0.941 bits per heavy atom. The van der Waals surface area contributed by atoms with Gasteiger partial charge >= 0.3 is 5.97 Å². The molecule has 7 heteroatoms. The number of anilines is 1. The zero-order valence-electron chi connectivity index (χ0n) is 18.9. The third kappa shape index (κ3) is 5.73. The highest BCUT2D eigenvalue weighted by molar-refractivity contribution is 6.14. The molecule has 0 spiro atoms. The molecule has 0 radical (unpaired) electrons. The van der Waals surface area contributed by atoms with Crippen molar-refractivity contribution in [3.05, 3.63) is 100 Å². The number of rotatable bonds is 8. The van der Waals surface area contributed by atoms with E-state index in [4.69, 9.17) is 10.00 Å². The summed E-state index contributed by atoms with van der Waals surface area (Å²) >= 11 is 0. The number of ketones is 1. The number of hydrogen-bond donors (Lipinski definition) is 0. The van der Waals surface area contributed by atoms with Crippen molar-refractivity contribution < 1.29 is 23.5 Å². The highest BCUT2D eigenvalue weighted by Crippen LogP contribution is 2.19. The van der Waals surface area contributed by atoms with Crippen LogP contribution in [0.15, 0.2) is 66.7 Å². The second-order valence-electron chi connectivity index (χ2n) is 7.68. The van der Waals surface area contributed by atoms with Gasteiger partial charge in [-0.05, 0) is 61.4 Å². The highest BCUT2D eigenvalue weighted by atomic mass is 19.1. The van der Waals surface area contributed by atoms with E-state index < -0.39 is 24.3 Å². The van der Waals surface area contributed by atoms with E-state index in [9.17, 15) is 18.8 Å². The molecule has 0 saturated carbocycles. The molecule has 6 nitrogen and oxygen atoms in total. The van der Waals surface area contributed by atoms with E-state index in [0.717, 1.165) is 11.1 Å². The minimum Gasteiger partial charge on any atom is -0.452 e. The quantitative estimate of drug-likeness (QED) is 0.358. The molecule has 0 aliphatic carbocycles. The number of aryl methyl sites for hydroxylation is 2. The number of benzene rings is 3. The lowest BCUT2D eigenvalue weighted by Crippen LogP contribution is -2.35. The Hall–Kier alpha value is -4.31. The van der Waals surface area contributed by atoms with Crippen molar-refractivity contribution in [3.63, 3.8) is 0 Å². The molecule has 0 N–H and O–H groups in total. The van der Waals surface area contributed by atoms with Crippen molar-refractivity contribution >= 4 is 23.3 Å². The molecule has 0 aliphatic heterocycles. The summed E-state index contributed by atoms with van der Waals surface area (Å²) in [4.78, 5) is 39.9. The van der Waals surface area contributed by atoms with Crippen LogP contribution in [0.5, 0.6) is 0 Å². The lowest BCUT2D eigenvalue weighted by molar-refractivity contribution is -0.121. The van der Waals surface area contributed by atoms with Crippen LogP contribution in [0.25, 0.3) is 0 Å². The summed E-state index contributed by atoms with van der Waals surface area (Å²) < 4.78 is 18.5. The molecule has 0 saturated heterocycles. The predicted octanol–water partition coefficient (Wildman–Crippen LogP) is 4.78. The topological polar surface area (TPSA) is 87.5 Å². The van der Waals surface area contributed by atoms with Gasteiger partial charge in [0.1, 0.15) is 5.82 Å². The van der Waals surface area contributed by atoms with E-state index in [1.54, 1.807) is 24.3 Å². The second kappa shape index (κ2) is 11.0. The Bertz CT molecular complexity index is 1260. The number of carbonyl (C=O) groups is 3. The van der Waals surface area contributed by atoms with E-state index in [1.807, 2.05) is 26.0 Å². The number of hydrogen-bond acceptors (Lipinski definition) is 5.